The van der Waals surface area contributed by atoms with Crippen LogP contribution in [0.2, 0.25) is 0 Å². The molecule has 2 amide bonds. The number of hydrogen-bond donors (Lipinski definition) is 1. The van der Waals surface area contributed by atoms with Crippen LogP contribution in [0.15, 0.2) is 24.3 Å². The van der Waals surface area contributed by atoms with Gasteiger partial charge in [-0.05, 0) is 44.0 Å². The zero-order chi connectivity index (χ0) is 17.8. The number of carbonyl (C=O) groups is 2. The first-order valence-corrected chi connectivity index (χ1v) is 9.47. The Morgan fingerprint density at radius 2 is 1.88 bits per heavy atom. The van der Waals surface area contributed by atoms with E-state index in [1.54, 1.807) is 4.90 Å². The van der Waals surface area contributed by atoms with Crippen LogP contribution in [0, 0.1) is 5.92 Å². The summed E-state index contributed by atoms with van der Waals surface area (Å²) >= 11 is 0. The minimum atomic E-state index is -0.200. The lowest BCUT2D eigenvalue weighted by Crippen LogP contribution is -2.46. The van der Waals surface area contributed by atoms with E-state index < -0.39 is 0 Å². The van der Waals surface area contributed by atoms with Crippen LogP contribution in [-0.4, -0.2) is 49.4 Å². The lowest BCUT2D eigenvalue weighted by molar-refractivity contribution is -0.136. The molecule has 1 atom stereocenters. The molecule has 0 bridgehead atoms. The minimum Gasteiger partial charge on any atom is -0.342 e. The number of rotatable bonds is 5. The van der Waals surface area contributed by atoms with Crippen molar-refractivity contribution in [1.29, 1.82) is 0 Å². The van der Waals surface area contributed by atoms with Crippen LogP contribution in [0.4, 0.5) is 5.69 Å². The van der Waals surface area contributed by atoms with Gasteiger partial charge in [-0.25, -0.2) is 0 Å². The third-order valence-corrected chi connectivity index (χ3v) is 5.48. The second-order valence-corrected chi connectivity index (χ2v) is 7.21. The fourth-order valence-corrected chi connectivity index (χ4v) is 3.90. The van der Waals surface area contributed by atoms with Crippen LogP contribution < -0.4 is 10.2 Å². The highest BCUT2D eigenvalue weighted by molar-refractivity contribution is 6.00. The second-order valence-electron chi connectivity index (χ2n) is 7.21. The normalized spacial score (nSPS) is 21.8. The Bertz CT molecular complexity index is 606. The van der Waals surface area contributed by atoms with Gasteiger partial charge in [-0.15, -0.1) is 0 Å². The summed E-state index contributed by atoms with van der Waals surface area (Å²) in [7, 11) is 1.97. The molecule has 1 unspecified atom stereocenters. The van der Waals surface area contributed by atoms with Crippen molar-refractivity contribution in [2.75, 3.05) is 31.6 Å². The van der Waals surface area contributed by atoms with Crippen LogP contribution in [-0.2, 0) is 16.0 Å². The lowest BCUT2D eigenvalue weighted by atomic mass is 10.0. The minimum absolute atomic E-state index is 0.0618. The van der Waals surface area contributed by atoms with Crippen molar-refractivity contribution in [3.8, 4) is 0 Å². The first-order chi connectivity index (χ1) is 12.1. The van der Waals surface area contributed by atoms with Crippen molar-refractivity contribution in [1.82, 2.24) is 10.2 Å². The van der Waals surface area contributed by atoms with Gasteiger partial charge in [0.05, 0.1) is 5.92 Å². The number of benzene rings is 1. The van der Waals surface area contributed by atoms with Crippen molar-refractivity contribution in [2.24, 2.45) is 5.92 Å². The van der Waals surface area contributed by atoms with Gasteiger partial charge in [0.1, 0.15) is 0 Å². The van der Waals surface area contributed by atoms with Crippen molar-refractivity contribution < 1.29 is 9.59 Å². The standard InChI is InChI=1S/C20H29N3O2/c1-3-4-15-5-7-18(8-6-15)23-14-16(13-19(23)24)20(25)22-11-9-17(21-2)10-12-22/h5-8,16-17,21H,3-4,9-14H2,1-2H3. The first-order valence-electron chi connectivity index (χ1n) is 9.47. The molecular formula is C20H29N3O2. The zero-order valence-electron chi connectivity index (χ0n) is 15.3. The van der Waals surface area contributed by atoms with Crippen molar-refractivity contribution >= 4 is 17.5 Å². The summed E-state index contributed by atoms with van der Waals surface area (Å²) in [5, 5.41) is 3.28. The number of carbonyl (C=O) groups excluding carboxylic acids is 2. The van der Waals surface area contributed by atoms with Crippen LogP contribution in [0.3, 0.4) is 0 Å². The van der Waals surface area contributed by atoms with Crippen LogP contribution >= 0.6 is 0 Å². The molecule has 3 rings (SSSR count). The third kappa shape index (κ3) is 4.03. The number of amides is 2. The zero-order valence-corrected chi connectivity index (χ0v) is 15.3. The van der Waals surface area contributed by atoms with E-state index >= 15 is 0 Å². The summed E-state index contributed by atoms with van der Waals surface area (Å²) in [5.74, 6) is 0.00802. The highest BCUT2D eigenvalue weighted by Gasteiger charge is 2.37. The van der Waals surface area contributed by atoms with Crippen molar-refractivity contribution in [3.63, 3.8) is 0 Å². The fraction of sp³-hybridized carbons (Fsp3) is 0.600. The smallest absolute Gasteiger partial charge is 0.228 e. The molecule has 0 aromatic heterocycles. The van der Waals surface area contributed by atoms with Gasteiger partial charge >= 0.3 is 0 Å². The predicted molar refractivity (Wildman–Crippen MR) is 99.6 cm³/mol. The van der Waals surface area contributed by atoms with Gasteiger partial charge < -0.3 is 15.1 Å². The highest BCUT2D eigenvalue weighted by atomic mass is 16.2. The van der Waals surface area contributed by atoms with Gasteiger partial charge in [-0.2, -0.15) is 0 Å². The van der Waals surface area contributed by atoms with Crippen molar-refractivity contribution in [2.45, 2.75) is 45.1 Å². The van der Waals surface area contributed by atoms with E-state index in [1.807, 2.05) is 24.1 Å². The molecule has 0 aliphatic carbocycles. The molecule has 2 aliphatic heterocycles. The maximum atomic E-state index is 12.8. The predicted octanol–water partition coefficient (Wildman–Crippen LogP) is 2.20. The molecular weight excluding hydrogens is 314 g/mol. The number of likely N-dealkylation sites (tertiary alicyclic amines) is 1. The third-order valence-electron chi connectivity index (χ3n) is 5.48. The van der Waals surface area contributed by atoms with E-state index in [9.17, 15) is 9.59 Å². The van der Waals surface area contributed by atoms with E-state index in [0.717, 1.165) is 44.5 Å². The van der Waals surface area contributed by atoms with Crippen molar-refractivity contribution in [3.05, 3.63) is 29.8 Å². The molecule has 0 saturated carbocycles. The van der Waals surface area contributed by atoms with Gasteiger partial charge in [0, 0.05) is 37.8 Å². The van der Waals surface area contributed by atoms with E-state index in [1.165, 1.54) is 5.56 Å². The lowest BCUT2D eigenvalue weighted by Gasteiger charge is -2.33. The Hall–Kier alpha value is -1.88. The van der Waals surface area contributed by atoms with Crippen LogP contribution in [0.25, 0.3) is 0 Å². The molecule has 25 heavy (non-hydrogen) atoms. The number of hydrogen-bond acceptors (Lipinski definition) is 3. The maximum absolute atomic E-state index is 12.8. The molecule has 2 fully saturated rings. The van der Waals surface area contributed by atoms with Gasteiger partial charge in [0.2, 0.25) is 11.8 Å². The molecule has 136 valence electrons. The summed E-state index contributed by atoms with van der Waals surface area (Å²) < 4.78 is 0. The SMILES string of the molecule is CCCc1ccc(N2CC(C(=O)N3CCC(NC)CC3)CC2=O)cc1. The topological polar surface area (TPSA) is 52.7 Å². The largest absolute Gasteiger partial charge is 0.342 e. The molecule has 1 aromatic rings. The summed E-state index contributed by atoms with van der Waals surface area (Å²) in [6.07, 6.45) is 4.49. The number of piperidine rings is 1. The average Bonchev–Trinajstić information content (AvgIpc) is 3.04. The highest BCUT2D eigenvalue weighted by Crippen LogP contribution is 2.27. The average molecular weight is 343 g/mol. The Balaban J connectivity index is 1.61. The van der Waals surface area contributed by atoms with E-state index in [2.05, 4.69) is 24.4 Å². The Morgan fingerprint density at radius 3 is 2.48 bits per heavy atom. The Labute approximate surface area is 150 Å². The number of nitrogens with zero attached hydrogens (tertiary/aromatic N) is 2. The van der Waals surface area contributed by atoms with E-state index in [0.29, 0.717) is 19.0 Å². The molecule has 1 N–H and O–H groups in total. The molecule has 2 heterocycles. The number of aryl methyl sites for hydroxylation is 1. The molecule has 5 nitrogen and oxygen atoms in total. The summed E-state index contributed by atoms with van der Waals surface area (Å²) in [5.41, 5.74) is 2.20. The quantitative estimate of drug-likeness (QED) is 0.892. The maximum Gasteiger partial charge on any atom is 0.228 e. The summed E-state index contributed by atoms with van der Waals surface area (Å²) in [6.45, 7) is 4.26. The van der Waals surface area contributed by atoms with Gasteiger partial charge in [-0.1, -0.05) is 25.5 Å². The fourth-order valence-electron chi connectivity index (χ4n) is 3.90. The second kappa shape index (κ2) is 8.00. The van der Waals surface area contributed by atoms with Gasteiger partial charge in [0.25, 0.3) is 0 Å². The Morgan fingerprint density at radius 1 is 1.20 bits per heavy atom. The Kier molecular flexibility index (Phi) is 5.74. The monoisotopic (exact) mass is 343 g/mol. The van der Waals surface area contributed by atoms with Crippen LogP contribution in [0.5, 0.6) is 0 Å². The van der Waals surface area contributed by atoms with Crippen LogP contribution in [0.1, 0.15) is 38.2 Å². The number of anilines is 1. The summed E-state index contributed by atoms with van der Waals surface area (Å²) in [6, 6.07) is 8.70. The molecule has 0 radical (unpaired) electrons. The van der Waals surface area contributed by atoms with Gasteiger partial charge in [-0.3, -0.25) is 9.59 Å². The van der Waals surface area contributed by atoms with Gasteiger partial charge in [0.15, 0.2) is 0 Å². The molecule has 2 saturated heterocycles. The summed E-state index contributed by atoms with van der Waals surface area (Å²) in [4.78, 5) is 28.9. The number of nitrogens with one attached hydrogen (secondary N) is 1. The van der Waals surface area contributed by atoms with E-state index in [4.69, 9.17) is 0 Å². The molecule has 0 spiro atoms. The molecule has 2 aliphatic rings. The first kappa shape index (κ1) is 17.9. The molecule has 5 heteroatoms. The van der Waals surface area contributed by atoms with E-state index in [-0.39, 0.29) is 17.7 Å². The molecule has 1 aromatic carbocycles.